The minimum absolute atomic E-state index is 0.0858. The molecule has 1 aromatic carbocycles. The highest BCUT2D eigenvalue weighted by Gasteiger charge is 2.33. The first-order valence-corrected chi connectivity index (χ1v) is 6.23. The highest BCUT2D eigenvalue weighted by atomic mass is 16.3. The Labute approximate surface area is 102 Å². The van der Waals surface area contributed by atoms with Crippen LogP contribution < -0.4 is 5.43 Å². The van der Waals surface area contributed by atoms with E-state index >= 15 is 0 Å². The van der Waals surface area contributed by atoms with Crippen LogP contribution in [0.5, 0.6) is 0 Å². The van der Waals surface area contributed by atoms with Crippen molar-refractivity contribution in [3.8, 4) is 0 Å². The van der Waals surface area contributed by atoms with E-state index in [0.29, 0.717) is 0 Å². The van der Waals surface area contributed by atoms with Gasteiger partial charge in [-0.15, -0.1) is 0 Å². The first-order valence-electron chi connectivity index (χ1n) is 6.23. The van der Waals surface area contributed by atoms with E-state index in [2.05, 4.69) is 0 Å². The predicted molar refractivity (Wildman–Crippen MR) is 69.4 cm³/mol. The van der Waals surface area contributed by atoms with Crippen LogP contribution in [0.2, 0.25) is 0 Å². The maximum Gasteiger partial charge on any atom is 0.182 e. The van der Waals surface area contributed by atoms with Gasteiger partial charge in [0.2, 0.25) is 0 Å². The van der Waals surface area contributed by atoms with Crippen molar-refractivity contribution in [1.29, 1.82) is 0 Å². The number of aryl methyl sites for hydroxylation is 1. The van der Waals surface area contributed by atoms with E-state index in [1.807, 2.05) is 33.8 Å². The summed E-state index contributed by atoms with van der Waals surface area (Å²) in [6.07, 6.45) is 1.61. The van der Waals surface area contributed by atoms with Gasteiger partial charge in [0.05, 0.1) is 5.60 Å². The molecule has 1 aliphatic carbocycles. The second-order valence-corrected chi connectivity index (χ2v) is 5.61. The molecule has 2 rings (SSSR count). The van der Waals surface area contributed by atoms with Crippen LogP contribution in [0.4, 0.5) is 0 Å². The molecule has 1 aliphatic rings. The lowest BCUT2D eigenvalue weighted by atomic mass is 9.96. The number of hydrogen-bond donors (Lipinski definition) is 1. The molecule has 2 heteroatoms. The van der Waals surface area contributed by atoms with Crippen LogP contribution in [0.15, 0.2) is 16.9 Å². The number of hydrogen-bond acceptors (Lipinski definition) is 2. The number of fused-ring (bicyclic) bond motifs is 1. The Bertz CT molecular complexity index is 513. The van der Waals surface area contributed by atoms with E-state index in [9.17, 15) is 9.90 Å². The maximum absolute atomic E-state index is 12.1. The van der Waals surface area contributed by atoms with Crippen molar-refractivity contribution in [2.45, 2.75) is 52.1 Å². The first kappa shape index (κ1) is 12.3. The van der Waals surface area contributed by atoms with Gasteiger partial charge in [0.1, 0.15) is 0 Å². The minimum atomic E-state index is -0.783. The van der Waals surface area contributed by atoms with Gasteiger partial charge in [-0.2, -0.15) is 0 Å². The van der Waals surface area contributed by atoms with Crippen LogP contribution in [0.1, 0.15) is 55.4 Å². The predicted octanol–water partition coefficient (Wildman–Crippen LogP) is 2.63. The Morgan fingerprint density at radius 3 is 2.59 bits per heavy atom. The van der Waals surface area contributed by atoms with E-state index in [-0.39, 0.29) is 11.3 Å². The summed E-state index contributed by atoms with van der Waals surface area (Å²) >= 11 is 0. The van der Waals surface area contributed by atoms with Gasteiger partial charge in [-0.05, 0) is 61.4 Å². The van der Waals surface area contributed by atoms with Crippen molar-refractivity contribution < 1.29 is 5.11 Å². The van der Waals surface area contributed by atoms with Crippen LogP contribution in [-0.4, -0.2) is 5.11 Å². The molecule has 0 heterocycles. The lowest BCUT2D eigenvalue weighted by Crippen LogP contribution is -2.17. The van der Waals surface area contributed by atoms with Gasteiger partial charge in [0, 0.05) is 5.56 Å². The third kappa shape index (κ3) is 2.02. The Kier molecular flexibility index (Phi) is 2.86. The summed E-state index contributed by atoms with van der Waals surface area (Å²) in [4.78, 5) is 12.1. The molecule has 0 saturated carbocycles. The Balaban J connectivity index is 2.80. The topological polar surface area (TPSA) is 37.3 Å². The third-order valence-electron chi connectivity index (χ3n) is 3.80. The normalized spacial score (nSPS) is 22.9. The Morgan fingerprint density at radius 1 is 1.35 bits per heavy atom. The molecule has 1 aromatic rings. The average Bonchev–Trinajstić information content (AvgIpc) is 2.41. The summed E-state index contributed by atoms with van der Waals surface area (Å²) in [5.41, 5.74) is 3.21. The highest BCUT2D eigenvalue weighted by Crippen LogP contribution is 2.37. The molecule has 0 aromatic heterocycles. The summed E-state index contributed by atoms with van der Waals surface area (Å²) in [7, 11) is 0. The zero-order chi connectivity index (χ0) is 12.8. The van der Waals surface area contributed by atoms with Crippen LogP contribution in [0.3, 0.4) is 0 Å². The molecule has 1 N–H and O–H groups in total. The van der Waals surface area contributed by atoms with Gasteiger partial charge in [-0.3, -0.25) is 4.79 Å². The Hall–Kier alpha value is -1.15. The molecule has 0 unspecified atom stereocenters. The van der Waals surface area contributed by atoms with E-state index in [1.54, 1.807) is 6.07 Å². The molecule has 0 bridgehead atoms. The lowest BCUT2D eigenvalue weighted by Gasteiger charge is -2.17. The smallest absolute Gasteiger partial charge is 0.182 e. The van der Waals surface area contributed by atoms with Crippen molar-refractivity contribution in [1.82, 2.24) is 0 Å². The van der Waals surface area contributed by atoms with Crippen molar-refractivity contribution in [3.05, 3.63) is 44.6 Å². The van der Waals surface area contributed by atoms with Gasteiger partial charge in [-0.1, -0.05) is 13.8 Å². The van der Waals surface area contributed by atoms with E-state index < -0.39 is 5.60 Å². The van der Waals surface area contributed by atoms with Gasteiger partial charge in [0.25, 0.3) is 0 Å². The van der Waals surface area contributed by atoms with Crippen LogP contribution in [-0.2, 0) is 12.0 Å². The fourth-order valence-electron chi connectivity index (χ4n) is 2.66. The van der Waals surface area contributed by atoms with Crippen molar-refractivity contribution in [2.24, 2.45) is 0 Å². The molecule has 0 fully saturated rings. The standard InChI is InChI=1S/C15H20O2/c1-9(2)12-8-13-11(5-6-15(13,4)17)10(3)7-14(12)16/h7-9,17H,5-6H2,1-4H3/t15-/m0/s1. The van der Waals surface area contributed by atoms with Crippen molar-refractivity contribution >= 4 is 0 Å². The summed E-state index contributed by atoms with van der Waals surface area (Å²) in [6.45, 7) is 7.84. The number of aliphatic hydroxyl groups is 1. The average molecular weight is 232 g/mol. The summed E-state index contributed by atoms with van der Waals surface area (Å²) in [6, 6.07) is 3.64. The second kappa shape index (κ2) is 3.95. The fraction of sp³-hybridized carbons (Fsp3) is 0.533. The summed E-state index contributed by atoms with van der Waals surface area (Å²) in [5.74, 6) is 0.190. The summed E-state index contributed by atoms with van der Waals surface area (Å²) in [5, 5.41) is 10.4. The zero-order valence-corrected chi connectivity index (χ0v) is 11.0. The monoisotopic (exact) mass is 232 g/mol. The zero-order valence-electron chi connectivity index (χ0n) is 11.0. The molecule has 0 radical (unpaired) electrons. The molecule has 17 heavy (non-hydrogen) atoms. The molecular weight excluding hydrogens is 212 g/mol. The largest absolute Gasteiger partial charge is 0.385 e. The quantitative estimate of drug-likeness (QED) is 0.808. The third-order valence-corrected chi connectivity index (χ3v) is 3.80. The van der Waals surface area contributed by atoms with E-state index in [1.165, 1.54) is 0 Å². The van der Waals surface area contributed by atoms with Crippen LogP contribution >= 0.6 is 0 Å². The second-order valence-electron chi connectivity index (χ2n) is 5.61. The van der Waals surface area contributed by atoms with Gasteiger partial charge >= 0.3 is 0 Å². The van der Waals surface area contributed by atoms with Crippen LogP contribution in [0, 0.1) is 6.92 Å². The Morgan fingerprint density at radius 2 is 2.00 bits per heavy atom. The fourth-order valence-corrected chi connectivity index (χ4v) is 2.66. The van der Waals surface area contributed by atoms with Crippen molar-refractivity contribution in [3.63, 3.8) is 0 Å². The van der Waals surface area contributed by atoms with Gasteiger partial charge < -0.3 is 5.11 Å². The van der Waals surface area contributed by atoms with E-state index in [4.69, 9.17) is 0 Å². The van der Waals surface area contributed by atoms with Gasteiger partial charge in [-0.25, -0.2) is 0 Å². The maximum atomic E-state index is 12.1. The minimum Gasteiger partial charge on any atom is -0.385 e. The molecule has 2 nitrogen and oxygen atoms in total. The molecule has 0 amide bonds. The molecule has 0 saturated heterocycles. The molecular formula is C15H20O2. The summed E-state index contributed by atoms with van der Waals surface area (Å²) < 4.78 is 0. The van der Waals surface area contributed by atoms with E-state index in [0.717, 1.165) is 35.1 Å². The molecule has 0 spiro atoms. The SMILES string of the molecule is Cc1cc(=O)c(C(C)C)cc2c1CC[C@]2(C)O. The van der Waals surface area contributed by atoms with Crippen molar-refractivity contribution in [2.75, 3.05) is 0 Å². The lowest BCUT2D eigenvalue weighted by molar-refractivity contribution is 0.0594. The molecule has 1 atom stereocenters. The first-order chi connectivity index (χ1) is 7.83. The van der Waals surface area contributed by atoms with Crippen LogP contribution in [0.25, 0.3) is 0 Å². The highest BCUT2D eigenvalue weighted by molar-refractivity contribution is 5.43. The van der Waals surface area contributed by atoms with Gasteiger partial charge in [0.15, 0.2) is 5.43 Å². The molecule has 92 valence electrons. The molecule has 0 aliphatic heterocycles. The number of rotatable bonds is 1.